The topological polar surface area (TPSA) is 17.1 Å². The van der Waals surface area contributed by atoms with Gasteiger partial charge in [-0.25, -0.2) is 0 Å². The molecule has 0 spiro atoms. The molecular formula is C8H9ClO. The van der Waals surface area contributed by atoms with Crippen LogP contribution in [0.5, 0.6) is 0 Å². The van der Waals surface area contributed by atoms with Gasteiger partial charge in [-0.2, -0.15) is 0 Å². The van der Waals surface area contributed by atoms with E-state index in [2.05, 4.69) is 0 Å². The van der Waals surface area contributed by atoms with Crippen molar-refractivity contribution < 1.29 is 4.79 Å². The number of halogens is 1. The lowest BCUT2D eigenvalue weighted by Crippen LogP contribution is -1.98. The van der Waals surface area contributed by atoms with Gasteiger partial charge in [0.25, 0.3) is 0 Å². The van der Waals surface area contributed by atoms with Crippen LogP contribution in [-0.4, -0.2) is 6.29 Å². The summed E-state index contributed by atoms with van der Waals surface area (Å²) in [4.78, 5) is 10.1. The molecule has 0 aromatic heterocycles. The van der Waals surface area contributed by atoms with Crippen LogP contribution in [0.3, 0.4) is 0 Å². The summed E-state index contributed by atoms with van der Waals surface area (Å²) in [7, 11) is 0. The lowest BCUT2D eigenvalue weighted by Gasteiger charge is -2.09. The highest BCUT2D eigenvalue weighted by Crippen LogP contribution is 2.20. The minimum Gasteiger partial charge on any atom is -0.303 e. The molecule has 0 bridgehead atoms. The third-order valence-electron chi connectivity index (χ3n) is 1.51. The Morgan fingerprint density at radius 1 is 1.80 bits per heavy atom. The Balaban J connectivity index is 2.51. The van der Waals surface area contributed by atoms with E-state index in [0.29, 0.717) is 12.3 Å². The van der Waals surface area contributed by atoms with Crippen LogP contribution in [0.1, 0.15) is 12.8 Å². The van der Waals surface area contributed by atoms with Gasteiger partial charge >= 0.3 is 0 Å². The number of aldehydes is 1. The van der Waals surface area contributed by atoms with Crippen LogP contribution in [0.15, 0.2) is 23.3 Å². The van der Waals surface area contributed by atoms with Crippen molar-refractivity contribution in [1.82, 2.24) is 0 Å². The number of rotatable bonds is 2. The predicted octanol–water partition coefficient (Wildman–Crippen LogP) is 2.27. The molecule has 0 radical (unpaired) electrons. The van der Waals surface area contributed by atoms with E-state index in [-0.39, 0.29) is 0 Å². The molecule has 2 heteroatoms. The van der Waals surface area contributed by atoms with Crippen LogP contribution in [0.25, 0.3) is 0 Å². The molecule has 1 aliphatic carbocycles. The van der Waals surface area contributed by atoms with Crippen LogP contribution in [0.2, 0.25) is 0 Å². The van der Waals surface area contributed by atoms with Gasteiger partial charge in [0.2, 0.25) is 0 Å². The second-order valence-electron chi connectivity index (χ2n) is 2.35. The third kappa shape index (κ3) is 1.99. The summed E-state index contributed by atoms with van der Waals surface area (Å²) in [6.07, 6.45) is 8.25. The van der Waals surface area contributed by atoms with Crippen LogP contribution in [0, 0.1) is 5.92 Å². The monoisotopic (exact) mass is 156 g/mol. The van der Waals surface area contributed by atoms with E-state index in [1.807, 2.05) is 18.2 Å². The first-order chi connectivity index (χ1) is 4.83. The molecule has 0 fully saturated rings. The second kappa shape index (κ2) is 3.57. The van der Waals surface area contributed by atoms with Gasteiger partial charge in [-0.05, 0) is 18.4 Å². The molecule has 1 rings (SSSR count). The van der Waals surface area contributed by atoms with Gasteiger partial charge in [0.15, 0.2) is 0 Å². The fourth-order valence-corrected chi connectivity index (χ4v) is 1.26. The largest absolute Gasteiger partial charge is 0.303 e. The van der Waals surface area contributed by atoms with Gasteiger partial charge in [0.1, 0.15) is 6.29 Å². The maximum Gasteiger partial charge on any atom is 0.120 e. The van der Waals surface area contributed by atoms with E-state index in [0.717, 1.165) is 17.7 Å². The van der Waals surface area contributed by atoms with Crippen molar-refractivity contribution in [3.63, 3.8) is 0 Å². The summed E-state index contributed by atoms with van der Waals surface area (Å²) in [5, 5.41) is 0.748. The zero-order chi connectivity index (χ0) is 7.40. The number of carbonyl (C=O) groups is 1. The number of allylic oxidation sites excluding steroid dienone is 4. The van der Waals surface area contributed by atoms with E-state index in [4.69, 9.17) is 11.6 Å². The van der Waals surface area contributed by atoms with E-state index >= 15 is 0 Å². The van der Waals surface area contributed by atoms with Crippen LogP contribution in [0.4, 0.5) is 0 Å². The van der Waals surface area contributed by atoms with Gasteiger partial charge in [0, 0.05) is 11.5 Å². The molecule has 0 aromatic rings. The molecule has 0 amide bonds. The molecule has 0 saturated carbocycles. The minimum absolute atomic E-state index is 0.329. The van der Waals surface area contributed by atoms with Crippen molar-refractivity contribution in [1.29, 1.82) is 0 Å². The highest BCUT2D eigenvalue weighted by molar-refractivity contribution is 6.31. The summed E-state index contributed by atoms with van der Waals surface area (Å²) in [6, 6.07) is 0. The average Bonchev–Trinajstić information content (AvgIpc) is 1.88. The first-order valence-corrected chi connectivity index (χ1v) is 3.68. The normalized spacial score (nSPS) is 24.1. The van der Waals surface area contributed by atoms with Gasteiger partial charge in [-0.1, -0.05) is 23.8 Å². The minimum atomic E-state index is 0.329. The first-order valence-electron chi connectivity index (χ1n) is 3.30. The molecule has 0 heterocycles. The fourth-order valence-electron chi connectivity index (χ4n) is 0.992. The average molecular weight is 157 g/mol. The highest BCUT2D eigenvalue weighted by Gasteiger charge is 2.06. The molecule has 1 atom stereocenters. The Morgan fingerprint density at radius 3 is 3.20 bits per heavy atom. The number of hydrogen-bond donors (Lipinski definition) is 0. The van der Waals surface area contributed by atoms with Crippen LogP contribution in [-0.2, 0) is 4.79 Å². The molecule has 54 valence electrons. The third-order valence-corrected chi connectivity index (χ3v) is 1.76. The molecule has 1 aliphatic rings. The molecule has 0 aromatic carbocycles. The summed E-state index contributed by atoms with van der Waals surface area (Å²) in [6.45, 7) is 0. The van der Waals surface area contributed by atoms with Gasteiger partial charge in [-0.3, -0.25) is 0 Å². The molecule has 0 aliphatic heterocycles. The fraction of sp³-hybridized carbons (Fsp3) is 0.375. The van der Waals surface area contributed by atoms with E-state index in [1.165, 1.54) is 0 Å². The predicted molar refractivity (Wildman–Crippen MR) is 41.9 cm³/mol. The Hall–Kier alpha value is -0.560. The van der Waals surface area contributed by atoms with Gasteiger partial charge in [-0.15, -0.1) is 0 Å². The molecule has 0 saturated heterocycles. The van der Waals surface area contributed by atoms with E-state index in [1.54, 1.807) is 0 Å². The number of carbonyl (C=O) groups excluding carboxylic acids is 1. The summed E-state index contributed by atoms with van der Waals surface area (Å²) < 4.78 is 0. The Labute approximate surface area is 65.4 Å². The standard InChI is InChI=1S/C8H9ClO/c9-8-3-1-2-7(6-8)4-5-10/h1,3,5-7H,2,4H2. The summed E-state index contributed by atoms with van der Waals surface area (Å²) in [5.74, 6) is 0.329. The van der Waals surface area contributed by atoms with Crippen molar-refractivity contribution in [2.45, 2.75) is 12.8 Å². The zero-order valence-electron chi connectivity index (χ0n) is 5.59. The highest BCUT2D eigenvalue weighted by atomic mass is 35.5. The number of hydrogen-bond acceptors (Lipinski definition) is 1. The second-order valence-corrected chi connectivity index (χ2v) is 2.79. The quantitative estimate of drug-likeness (QED) is 0.561. The first kappa shape index (κ1) is 7.55. The lowest BCUT2D eigenvalue weighted by atomic mass is 9.98. The van der Waals surface area contributed by atoms with E-state index in [9.17, 15) is 4.79 Å². The smallest absolute Gasteiger partial charge is 0.120 e. The van der Waals surface area contributed by atoms with Crippen molar-refractivity contribution in [3.05, 3.63) is 23.3 Å². The lowest BCUT2D eigenvalue weighted by molar-refractivity contribution is -0.108. The molecule has 0 N–H and O–H groups in total. The molecule has 1 unspecified atom stereocenters. The molecule has 1 nitrogen and oxygen atoms in total. The summed E-state index contributed by atoms with van der Waals surface area (Å²) >= 11 is 5.71. The molecule has 10 heavy (non-hydrogen) atoms. The Kier molecular flexibility index (Phi) is 2.69. The van der Waals surface area contributed by atoms with Crippen molar-refractivity contribution in [2.75, 3.05) is 0 Å². The summed E-state index contributed by atoms with van der Waals surface area (Å²) in [5.41, 5.74) is 0. The van der Waals surface area contributed by atoms with Crippen molar-refractivity contribution >= 4 is 17.9 Å². The maximum atomic E-state index is 10.1. The SMILES string of the molecule is O=CCC1C=C(Cl)C=CC1. The Morgan fingerprint density at radius 2 is 2.60 bits per heavy atom. The molecular weight excluding hydrogens is 148 g/mol. The Bertz CT molecular complexity index is 180. The van der Waals surface area contributed by atoms with E-state index < -0.39 is 0 Å². The maximum absolute atomic E-state index is 10.1. The van der Waals surface area contributed by atoms with Gasteiger partial charge < -0.3 is 4.79 Å². The zero-order valence-corrected chi connectivity index (χ0v) is 6.34. The van der Waals surface area contributed by atoms with Crippen molar-refractivity contribution in [3.8, 4) is 0 Å². The van der Waals surface area contributed by atoms with Gasteiger partial charge in [0.05, 0.1) is 0 Å². The van der Waals surface area contributed by atoms with Crippen LogP contribution < -0.4 is 0 Å². The van der Waals surface area contributed by atoms with Crippen molar-refractivity contribution in [2.24, 2.45) is 5.92 Å². The van der Waals surface area contributed by atoms with Crippen LogP contribution >= 0.6 is 11.6 Å².